The van der Waals surface area contributed by atoms with Crippen LogP contribution in [0.3, 0.4) is 0 Å². The minimum Gasteiger partial charge on any atom is -0.378 e. The summed E-state index contributed by atoms with van der Waals surface area (Å²) in [7, 11) is 0. The van der Waals surface area contributed by atoms with Crippen LogP contribution in [0.25, 0.3) is 0 Å². The Balaban J connectivity index is 0.000000531. The van der Waals surface area contributed by atoms with E-state index in [1.165, 1.54) is 11.3 Å². The number of morpholine rings is 1. The second-order valence-electron chi connectivity index (χ2n) is 3.39. The van der Waals surface area contributed by atoms with Crippen molar-refractivity contribution < 1.29 is 4.74 Å². The molecule has 0 unspecified atom stereocenters. The maximum absolute atomic E-state index is 6.00. The van der Waals surface area contributed by atoms with Gasteiger partial charge in [0, 0.05) is 29.6 Å². The topological polar surface area (TPSA) is 60.0 Å². The number of benzene rings is 1. The average Bonchev–Trinajstić information content (AvgIpc) is 2.33. The van der Waals surface area contributed by atoms with E-state index < -0.39 is 0 Å². The fourth-order valence-electron chi connectivity index (χ4n) is 1.72. The molecule has 15 heavy (non-hydrogen) atoms. The highest BCUT2D eigenvalue weighted by atomic mass is 16.5. The van der Waals surface area contributed by atoms with E-state index in [1.807, 2.05) is 0 Å². The van der Waals surface area contributed by atoms with Gasteiger partial charge in [0.2, 0.25) is 0 Å². The van der Waals surface area contributed by atoms with Crippen LogP contribution in [0, 0.1) is 17.7 Å². The molecule has 0 radical (unpaired) electrons. The Kier molecular flexibility index (Phi) is 4.58. The van der Waals surface area contributed by atoms with Crippen molar-refractivity contribution in [3.8, 4) is 0 Å². The molecule has 0 aromatic heterocycles. The lowest BCUT2D eigenvalue weighted by Gasteiger charge is -2.30. The van der Waals surface area contributed by atoms with Gasteiger partial charge in [0.1, 0.15) is 0 Å². The van der Waals surface area contributed by atoms with Crippen molar-refractivity contribution in [3.63, 3.8) is 0 Å². The Morgan fingerprint density at radius 1 is 1.13 bits per heavy atom. The van der Waals surface area contributed by atoms with Gasteiger partial charge in [0.05, 0.1) is 13.2 Å². The molecule has 1 aliphatic rings. The molecule has 0 spiro atoms. The van der Waals surface area contributed by atoms with Crippen molar-refractivity contribution in [2.24, 2.45) is 0 Å². The van der Waals surface area contributed by atoms with Gasteiger partial charge in [-0.3, -0.25) is 0 Å². The zero-order chi connectivity index (χ0) is 11.1. The van der Waals surface area contributed by atoms with Crippen molar-refractivity contribution in [2.75, 3.05) is 31.2 Å². The van der Waals surface area contributed by atoms with Crippen molar-refractivity contribution in [1.29, 1.82) is 10.8 Å². The molecule has 1 saturated heterocycles. The van der Waals surface area contributed by atoms with E-state index in [9.17, 15) is 0 Å². The molecule has 0 bridgehead atoms. The summed E-state index contributed by atoms with van der Waals surface area (Å²) in [6.07, 6.45) is 0. The van der Waals surface area contributed by atoms with Crippen molar-refractivity contribution >= 4 is 5.69 Å². The van der Waals surface area contributed by atoms with Crippen LogP contribution >= 0.6 is 0 Å². The highest BCUT2D eigenvalue weighted by Gasteiger charge is 2.11. The Bertz CT molecular complexity index is 319. The van der Waals surface area contributed by atoms with E-state index >= 15 is 0 Å². The van der Waals surface area contributed by atoms with Gasteiger partial charge in [-0.05, 0) is 18.6 Å². The molecule has 0 atom stereocenters. The van der Waals surface area contributed by atoms with Crippen LogP contribution in [0.15, 0.2) is 24.3 Å². The minimum atomic E-state index is 0.855. The summed E-state index contributed by atoms with van der Waals surface area (Å²) < 4.78 is 5.32. The maximum Gasteiger partial charge on any atom is 0.0642 e. The molecule has 4 nitrogen and oxygen atoms in total. The molecule has 1 aromatic carbocycles. The van der Waals surface area contributed by atoms with Gasteiger partial charge in [0.15, 0.2) is 0 Å². The van der Waals surface area contributed by atoms with Gasteiger partial charge in [-0.1, -0.05) is 18.2 Å². The standard InChI is InChI=1S/C11H15NO.N2/c1-10-4-2-3-5-11(10)12-6-8-13-9-7-12;1-2/h2-5H,6-9H2,1H3;. The highest BCUT2D eigenvalue weighted by molar-refractivity contribution is 5.53. The van der Waals surface area contributed by atoms with Crippen LogP contribution in [-0.2, 0) is 4.74 Å². The first-order chi connectivity index (χ1) is 7.38. The molecule has 0 aliphatic carbocycles. The number of ether oxygens (including phenoxy) is 1. The maximum atomic E-state index is 6.00. The van der Waals surface area contributed by atoms with E-state index in [0.717, 1.165) is 26.3 Å². The van der Waals surface area contributed by atoms with Crippen LogP contribution in [0.2, 0.25) is 0 Å². The number of para-hydroxylation sites is 1. The van der Waals surface area contributed by atoms with Gasteiger partial charge in [-0.25, -0.2) is 0 Å². The van der Waals surface area contributed by atoms with E-state index in [1.54, 1.807) is 0 Å². The fraction of sp³-hybridized carbons (Fsp3) is 0.455. The van der Waals surface area contributed by atoms with E-state index in [2.05, 4.69) is 36.1 Å². The number of nitrogens with zero attached hydrogens (tertiary/aromatic N) is 3. The van der Waals surface area contributed by atoms with E-state index in [-0.39, 0.29) is 0 Å². The Morgan fingerprint density at radius 2 is 1.73 bits per heavy atom. The molecule has 2 rings (SSSR count). The zero-order valence-electron chi connectivity index (χ0n) is 8.89. The SMILES string of the molecule is Cc1ccccc1N1CCOCC1.N#N. The number of hydrogen-bond acceptors (Lipinski definition) is 4. The summed E-state index contributed by atoms with van der Waals surface area (Å²) in [5.74, 6) is 0. The van der Waals surface area contributed by atoms with Gasteiger partial charge in [0.25, 0.3) is 0 Å². The van der Waals surface area contributed by atoms with Crippen LogP contribution in [-0.4, -0.2) is 26.3 Å². The first-order valence-electron chi connectivity index (χ1n) is 4.96. The van der Waals surface area contributed by atoms with Crippen LogP contribution in [0.4, 0.5) is 5.69 Å². The van der Waals surface area contributed by atoms with Crippen molar-refractivity contribution in [1.82, 2.24) is 0 Å². The lowest BCUT2D eigenvalue weighted by Crippen LogP contribution is -2.36. The van der Waals surface area contributed by atoms with Crippen LogP contribution < -0.4 is 4.90 Å². The highest BCUT2D eigenvalue weighted by Crippen LogP contribution is 2.19. The molecule has 4 heteroatoms. The van der Waals surface area contributed by atoms with Gasteiger partial charge < -0.3 is 9.64 Å². The predicted octanol–water partition coefficient (Wildman–Crippen LogP) is 1.86. The number of rotatable bonds is 1. The molecule has 80 valence electrons. The van der Waals surface area contributed by atoms with Gasteiger partial charge in [-0.15, -0.1) is 0 Å². The van der Waals surface area contributed by atoms with Crippen LogP contribution in [0.5, 0.6) is 0 Å². The molecule has 1 fully saturated rings. The lowest BCUT2D eigenvalue weighted by molar-refractivity contribution is 0.122. The summed E-state index contributed by atoms with van der Waals surface area (Å²) in [5, 5.41) is 12.0. The number of hydrogen-bond donors (Lipinski definition) is 0. The van der Waals surface area contributed by atoms with Crippen LogP contribution in [0.1, 0.15) is 5.56 Å². The van der Waals surface area contributed by atoms with Gasteiger partial charge >= 0.3 is 0 Å². The first-order valence-corrected chi connectivity index (χ1v) is 4.96. The molecule has 1 aliphatic heterocycles. The first kappa shape index (κ1) is 11.5. The monoisotopic (exact) mass is 205 g/mol. The molecular formula is C11H15N3O. The second-order valence-corrected chi connectivity index (χ2v) is 3.39. The Hall–Kier alpha value is -1.60. The molecule has 1 heterocycles. The normalized spacial score (nSPS) is 15.3. The third-order valence-corrected chi connectivity index (χ3v) is 2.47. The van der Waals surface area contributed by atoms with Gasteiger partial charge in [-0.2, -0.15) is 0 Å². The van der Waals surface area contributed by atoms with E-state index in [4.69, 9.17) is 15.5 Å². The fourth-order valence-corrected chi connectivity index (χ4v) is 1.72. The van der Waals surface area contributed by atoms with E-state index in [0.29, 0.717) is 0 Å². The summed E-state index contributed by atoms with van der Waals surface area (Å²) in [6, 6.07) is 8.52. The Morgan fingerprint density at radius 3 is 2.33 bits per heavy atom. The molecule has 1 aromatic rings. The predicted molar refractivity (Wildman–Crippen MR) is 57.7 cm³/mol. The average molecular weight is 205 g/mol. The third kappa shape index (κ3) is 2.93. The Labute approximate surface area is 89.9 Å². The summed E-state index contributed by atoms with van der Waals surface area (Å²) in [5.41, 5.74) is 2.70. The second kappa shape index (κ2) is 5.99. The summed E-state index contributed by atoms with van der Waals surface area (Å²) in [6.45, 7) is 5.91. The zero-order valence-corrected chi connectivity index (χ0v) is 8.89. The smallest absolute Gasteiger partial charge is 0.0642 e. The molecular weight excluding hydrogens is 190 g/mol. The number of aryl methyl sites for hydroxylation is 1. The quantitative estimate of drug-likeness (QED) is 0.656. The third-order valence-electron chi connectivity index (χ3n) is 2.47. The molecule has 0 saturated carbocycles. The molecule has 0 N–H and O–H groups in total. The van der Waals surface area contributed by atoms with Crippen molar-refractivity contribution in [3.05, 3.63) is 29.8 Å². The van der Waals surface area contributed by atoms with Crippen molar-refractivity contribution in [2.45, 2.75) is 6.92 Å². The number of anilines is 1. The summed E-state index contributed by atoms with van der Waals surface area (Å²) >= 11 is 0. The largest absolute Gasteiger partial charge is 0.378 e. The lowest BCUT2D eigenvalue weighted by atomic mass is 10.2. The minimum absolute atomic E-state index is 0.855. The molecule has 0 amide bonds. The summed E-state index contributed by atoms with van der Waals surface area (Å²) in [4.78, 5) is 2.39.